The van der Waals surface area contributed by atoms with Crippen LogP contribution in [0.5, 0.6) is 0 Å². The van der Waals surface area contributed by atoms with Crippen molar-refractivity contribution in [1.82, 2.24) is 29.2 Å². The zero-order chi connectivity index (χ0) is 35.1. The number of rotatable bonds is 10. The van der Waals surface area contributed by atoms with E-state index in [0.29, 0.717) is 28.3 Å². The normalized spacial score (nSPS) is 20.7. The van der Waals surface area contributed by atoms with E-state index in [-0.39, 0.29) is 28.9 Å². The van der Waals surface area contributed by atoms with Crippen LogP contribution >= 0.6 is 11.3 Å². The van der Waals surface area contributed by atoms with Gasteiger partial charge in [-0.2, -0.15) is 18.4 Å². The van der Waals surface area contributed by atoms with Gasteiger partial charge < -0.3 is 9.88 Å². The summed E-state index contributed by atoms with van der Waals surface area (Å²) >= 11 is 1.06. The third-order valence-corrected chi connectivity index (χ3v) is 11.7. The number of piperidine rings is 1. The fraction of sp³-hybridized carbons (Fsp3) is 0.559. The molecule has 4 aromatic rings. The third kappa shape index (κ3) is 8.37. The van der Waals surface area contributed by atoms with Crippen molar-refractivity contribution in [2.45, 2.75) is 77.4 Å². The maximum atomic E-state index is 13.0. The highest BCUT2D eigenvalue weighted by Crippen LogP contribution is 2.33. The largest absolute Gasteiger partial charge is 0.393 e. The lowest BCUT2D eigenvalue weighted by atomic mass is 10.0. The van der Waals surface area contributed by atoms with E-state index in [0.717, 1.165) is 74.3 Å². The minimum atomic E-state index is -4.26. The number of hydrogen-bond acceptors (Lipinski definition) is 10. The number of nitrogens with zero attached hydrogens (tertiary/aromatic N) is 7. The SMILES string of the molecule is Cc1c(CN2CCC(Nc3ncnc4sc(CC(F)(F)F)cc34)CC2)ccc2c1cc(C#N)n2CCN1C[C@@H](C)N(CS(C)(=O)=O)[C@@H](C)C1. The van der Waals surface area contributed by atoms with Crippen LogP contribution in [0.2, 0.25) is 0 Å². The molecule has 0 unspecified atom stereocenters. The Labute approximate surface area is 289 Å². The summed E-state index contributed by atoms with van der Waals surface area (Å²) in [5.41, 5.74) is 4.06. The highest BCUT2D eigenvalue weighted by atomic mass is 32.2. The highest BCUT2D eigenvalue weighted by Gasteiger charge is 2.32. The Hall–Kier alpha value is -3.29. The van der Waals surface area contributed by atoms with Gasteiger partial charge in [-0.05, 0) is 62.9 Å². The second kappa shape index (κ2) is 14.1. The molecule has 6 rings (SSSR count). The minimum absolute atomic E-state index is 0.0694. The van der Waals surface area contributed by atoms with E-state index in [1.807, 2.05) is 6.07 Å². The molecule has 2 atom stereocenters. The van der Waals surface area contributed by atoms with Gasteiger partial charge in [0.2, 0.25) is 0 Å². The molecule has 10 nitrogen and oxygen atoms in total. The lowest BCUT2D eigenvalue weighted by Crippen LogP contribution is -2.58. The summed E-state index contributed by atoms with van der Waals surface area (Å²) in [7, 11) is -3.10. The van der Waals surface area contributed by atoms with Gasteiger partial charge in [0.25, 0.3) is 0 Å². The highest BCUT2D eigenvalue weighted by molar-refractivity contribution is 7.90. The molecule has 1 N–H and O–H groups in total. The molecular weight excluding hydrogens is 674 g/mol. The quantitative estimate of drug-likeness (QED) is 0.231. The summed E-state index contributed by atoms with van der Waals surface area (Å²) in [6.07, 6.45) is -0.792. The standard InChI is InChI=1S/C34H43F3N8O2S2/c1-22-17-43(18-23(2)45(22)21-49(4,46)47)11-12-44-27(16-38)13-29-24(3)25(5-6-31(29)44)19-42-9-7-26(8-10-42)41-32-30-14-28(15-34(35,36)37)48-33(30)40-20-39-32/h5-6,13-14,20,22-23,26H,7-12,15,17-19,21H2,1-4H3,(H,39,40,41)/t22-,23+. The van der Waals surface area contributed by atoms with Gasteiger partial charge in [-0.3, -0.25) is 14.7 Å². The number of aromatic nitrogens is 3. The van der Waals surface area contributed by atoms with Gasteiger partial charge in [0, 0.05) is 86.0 Å². The second-order valence-corrected chi connectivity index (χ2v) is 17.0. The molecule has 0 bridgehead atoms. The smallest absolute Gasteiger partial charge is 0.367 e. The van der Waals surface area contributed by atoms with Crippen molar-refractivity contribution in [3.63, 3.8) is 0 Å². The molecule has 264 valence electrons. The summed E-state index contributed by atoms with van der Waals surface area (Å²) in [5.74, 6) is 0.658. The number of nitrogens with one attached hydrogen (secondary N) is 1. The van der Waals surface area contributed by atoms with E-state index in [1.165, 1.54) is 23.7 Å². The van der Waals surface area contributed by atoms with Gasteiger partial charge in [0.15, 0.2) is 9.84 Å². The molecule has 49 heavy (non-hydrogen) atoms. The molecular formula is C34H43F3N8O2S2. The Morgan fingerprint density at radius 3 is 2.41 bits per heavy atom. The number of benzene rings is 1. The van der Waals surface area contributed by atoms with E-state index in [9.17, 15) is 26.9 Å². The first kappa shape index (κ1) is 35.5. The summed E-state index contributed by atoms with van der Waals surface area (Å²) in [5, 5.41) is 15.2. The van der Waals surface area contributed by atoms with Crippen LogP contribution in [0.4, 0.5) is 19.0 Å². The van der Waals surface area contributed by atoms with Gasteiger partial charge in [0.05, 0.1) is 11.8 Å². The van der Waals surface area contributed by atoms with Crippen LogP contribution in [0.1, 0.15) is 48.4 Å². The Balaban J connectivity index is 1.07. The Kier molecular flexibility index (Phi) is 10.3. The van der Waals surface area contributed by atoms with Crippen LogP contribution in [0.3, 0.4) is 0 Å². The zero-order valence-corrected chi connectivity index (χ0v) is 29.9. The van der Waals surface area contributed by atoms with Crippen molar-refractivity contribution in [3.05, 3.63) is 52.3 Å². The van der Waals surface area contributed by atoms with Gasteiger partial charge in [-0.15, -0.1) is 11.3 Å². The molecule has 3 aromatic heterocycles. The first-order valence-electron chi connectivity index (χ1n) is 16.6. The first-order valence-corrected chi connectivity index (χ1v) is 19.5. The molecule has 0 aliphatic carbocycles. The van der Waals surface area contributed by atoms with Crippen molar-refractivity contribution in [1.29, 1.82) is 5.26 Å². The van der Waals surface area contributed by atoms with Crippen LogP contribution in [0, 0.1) is 18.3 Å². The van der Waals surface area contributed by atoms with Crippen molar-refractivity contribution in [2.24, 2.45) is 0 Å². The number of anilines is 1. The average Bonchev–Trinajstić information content (AvgIpc) is 3.60. The Morgan fingerprint density at radius 1 is 1.04 bits per heavy atom. The van der Waals surface area contributed by atoms with Crippen molar-refractivity contribution in [3.8, 4) is 6.07 Å². The summed E-state index contributed by atoms with van der Waals surface area (Å²) < 4.78 is 64.8. The van der Waals surface area contributed by atoms with Gasteiger partial charge in [-0.25, -0.2) is 18.4 Å². The maximum Gasteiger partial charge on any atom is 0.393 e. The summed E-state index contributed by atoms with van der Waals surface area (Å²) in [6, 6.07) is 10.6. The number of aryl methyl sites for hydroxylation is 1. The molecule has 0 radical (unpaired) electrons. The van der Waals surface area contributed by atoms with Crippen molar-refractivity contribution >= 4 is 48.1 Å². The Bertz CT molecular complexity index is 1950. The number of piperazine rings is 1. The van der Waals surface area contributed by atoms with Crippen molar-refractivity contribution < 1.29 is 21.6 Å². The predicted molar refractivity (Wildman–Crippen MR) is 187 cm³/mol. The van der Waals surface area contributed by atoms with Crippen LogP contribution in [-0.4, -0.2) is 107 Å². The first-order chi connectivity index (χ1) is 23.2. The number of sulfone groups is 1. The van der Waals surface area contributed by atoms with E-state index in [2.05, 4.69) is 73.5 Å². The number of alkyl halides is 3. The number of thiophene rings is 1. The molecule has 2 aliphatic rings. The molecule has 2 aliphatic heterocycles. The van der Waals surface area contributed by atoms with Crippen LogP contribution in [0.25, 0.3) is 21.1 Å². The van der Waals surface area contributed by atoms with Gasteiger partial charge in [0.1, 0.15) is 34.6 Å². The third-order valence-electron chi connectivity index (χ3n) is 9.86. The Morgan fingerprint density at radius 2 is 1.76 bits per heavy atom. The van der Waals surface area contributed by atoms with Crippen LogP contribution in [0.15, 0.2) is 30.6 Å². The number of fused-ring (bicyclic) bond motifs is 2. The van der Waals surface area contributed by atoms with E-state index < -0.39 is 22.4 Å². The zero-order valence-electron chi connectivity index (χ0n) is 28.3. The van der Waals surface area contributed by atoms with E-state index in [4.69, 9.17) is 0 Å². The lowest BCUT2D eigenvalue weighted by Gasteiger charge is -2.44. The molecule has 0 spiro atoms. The van der Waals surface area contributed by atoms with Gasteiger partial charge in [-0.1, -0.05) is 6.07 Å². The summed E-state index contributed by atoms with van der Waals surface area (Å²) in [4.78, 5) is 16.2. The predicted octanol–water partition coefficient (Wildman–Crippen LogP) is 5.40. The molecule has 0 amide bonds. The monoisotopic (exact) mass is 716 g/mol. The fourth-order valence-corrected chi connectivity index (χ4v) is 9.49. The average molecular weight is 717 g/mol. The molecule has 0 saturated carbocycles. The number of nitriles is 1. The topological polar surface area (TPSA) is 110 Å². The minimum Gasteiger partial charge on any atom is -0.367 e. The van der Waals surface area contributed by atoms with Crippen LogP contribution < -0.4 is 5.32 Å². The number of hydrogen-bond donors (Lipinski definition) is 1. The molecule has 2 saturated heterocycles. The van der Waals surface area contributed by atoms with Gasteiger partial charge >= 0.3 is 6.18 Å². The van der Waals surface area contributed by atoms with Crippen molar-refractivity contribution in [2.75, 3.05) is 50.2 Å². The lowest BCUT2D eigenvalue weighted by molar-refractivity contribution is -0.126. The van der Waals surface area contributed by atoms with E-state index in [1.54, 1.807) is 6.07 Å². The fourth-order valence-electron chi connectivity index (χ4n) is 7.42. The molecule has 5 heterocycles. The second-order valence-electron chi connectivity index (χ2n) is 13.7. The maximum absolute atomic E-state index is 13.0. The molecule has 15 heteroatoms. The molecule has 1 aromatic carbocycles. The number of likely N-dealkylation sites (tertiary alicyclic amines) is 1. The summed E-state index contributed by atoms with van der Waals surface area (Å²) in [6.45, 7) is 11.8. The van der Waals surface area contributed by atoms with E-state index >= 15 is 0 Å². The van der Waals surface area contributed by atoms with Crippen LogP contribution in [-0.2, 0) is 29.3 Å². The molecule has 2 fully saturated rings. The number of halogens is 3.